The number of aromatic nitrogens is 1. The van der Waals surface area contributed by atoms with Crippen LogP contribution in [-0.2, 0) is 6.42 Å². The summed E-state index contributed by atoms with van der Waals surface area (Å²) in [7, 11) is 1.99. The Bertz CT molecular complexity index is 448. The molecule has 2 rings (SSSR count). The highest BCUT2D eigenvalue weighted by Gasteiger charge is 2.09. The Balaban J connectivity index is 2.13. The van der Waals surface area contributed by atoms with Crippen LogP contribution in [0, 0.1) is 6.92 Å². The van der Waals surface area contributed by atoms with Crippen LogP contribution in [0.15, 0.2) is 48.8 Å². The molecule has 2 aromatic rings. The van der Waals surface area contributed by atoms with Crippen molar-refractivity contribution in [2.45, 2.75) is 19.4 Å². The van der Waals surface area contributed by atoms with E-state index in [9.17, 15) is 0 Å². The number of rotatable bonds is 4. The normalized spacial score (nSPS) is 12.4. The molecule has 1 atom stereocenters. The Morgan fingerprint density at radius 2 is 1.94 bits per heavy atom. The van der Waals surface area contributed by atoms with Gasteiger partial charge in [-0.15, -0.1) is 0 Å². The quantitative estimate of drug-likeness (QED) is 0.867. The highest BCUT2D eigenvalue weighted by Crippen LogP contribution is 2.17. The van der Waals surface area contributed by atoms with E-state index in [1.54, 1.807) is 0 Å². The van der Waals surface area contributed by atoms with Crippen molar-refractivity contribution in [2.24, 2.45) is 0 Å². The maximum absolute atomic E-state index is 4.17. The first-order chi connectivity index (χ1) is 8.29. The lowest BCUT2D eigenvalue weighted by Crippen LogP contribution is -2.18. The highest BCUT2D eigenvalue weighted by atomic mass is 14.9. The van der Waals surface area contributed by atoms with Crippen LogP contribution in [0.3, 0.4) is 0 Å². The molecule has 2 heteroatoms. The van der Waals surface area contributed by atoms with Crippen molar-refractivity contribution in [1.29, 1.82) is 0 Å². The molecule has 2 nitrogen and oxygen atoms in total. The number of hydrogen-bond donors (Lipinski definition) is 1. The average molecular weight is 226 g/mol. The fourth-order valence-corrected chi connectivity index (χ4v) is 1.93. The average Bonchev–Trinajstić information content (AvgIpc) is 2.39. The Morgan fingerprint density at radius 1 is 1.18 bits per heavy atom. The summed E-state index contributed by atoms with van der Waals surface area (Å²) in [4.78, 5) is 4.17. The zero-order valence-corrected chi connectivity index (χ0v) is 10.4. The van der Waals surface area contributed by atoms with E-state index in [1.807, 2.05) is 25.5 Å². The predicted molar refractivity (Wildman–Crippen MR) is 70.9 cm³/mol. The van der Waals surface area contributed by atoms with Crippen molar-refractivity contribution >= 4 is 0 Å². The van der Waals surface area contributed by atoms with Gasteiger partial charge in [0, 0.05) is 18.4 Å². The summed E-state index contributed by atoms with van der Waals surface area (Å²) in [5.74, 6) is 0. The third kappa shape index (κ3) is 3.14. The second-order valence-corrected chi connectivity index (χ2v) is 4.32. The molecule has 1 heterocycles. The lowest BCUT2D eigenvalue weighted by molar-refractivity contribution is 0.590. The van der Waals surface area contributed by atoms with E-state index in [4.69, 9.17) is 0 Å². The molecule has 0 aliphatic carbocycles. The molecule has 1 unspecified atom stereocenters. The van der Waals surface area contributed by atoms with Gasteiger partial charge in [-0.1, -0.05) is 35.9 Å². The van der Waals surface area contributed by atoms with Gasteiger partial charge >= 0.3 is 0 Å². The Kier molecular flexibility index (Phi) is 3.89. The van der Waals surface area contributed by atoms with Crippen LogP contribution >= 0.6 is 0 Å². The van der Waals surface area contributed by atoms with Crippen LogP contribution in [0.4, 0.5) is 0 Å². The summed E-state index contributed by atoms with van der Waals surface area (Å²) in [6.07, 6.45) is 4.72. The lowest BCUT2D eigenvalue weighted by Gasteiger charge is -2.16. The monoisotopic (exact) mass is 226 g/mol. The molecule has 0 amide bonds. The number of aryl methyl sites for hydroxylation is 1. The predicted octanol–water partition coefficient (Wildman–Crippen LogP) is 2.89. The van der Waals surface area contributed by atoms with Gasteiger partial charge in [-0.2, -0.15) is 0 Å². The van der Waals surface area contributed by atoms with Crippen LogP contribution in [0.2, 0.25) is 0 Å². The molecule has 17 heavy (non-hydrogen) atoms. The number of nitrogens with zero attached hydrogens (tertiary/aromatic N) is 1. The number of pyridine rings is 1. The van der Waals surface area contributed by atoms with Gasteiger partial charge in [0.05, 0.1) is 0 Å². The molecular formula is C15H18N2. The van der Waals surface area contributed by atoms with Gasteiger partial charge in [-0.05, 0) is 37.6 Å². The van der Waals surface area contributed by atoms with Crippen molar-refractivity contribution in [2.75, 3.05) is 7.05 Å². The Hall–Kier alpha value is -1.67. The van der Waals surface area contributed by atoms with Gasteiger partial charge in [0.15, 0.2) is 0 Å². The van der Waals surface area contributed by atoms with Gasteiger partial charge in [0.25, 0.3) is 0 Å². The smallest absolute Gasteiger partial charge is 0.0373 e. The van der Waals surface area contributed by atoms with Crippen molar-refractivity contribution in [3.63, 3.8) is 0 Å². The number of likely N-dealkylation sites (N-methyl/N-ethyl adjacent to an activating group) is 1. The van der Waals surface area contributed by atoms with Gasteiger partial charge in [-0.3, -0.25) is 4.98 Å². The molecule has 0 saturated carbocycles. The molecule has 88 valence electrons. The number of benzene rings is 1. The first-order valence-corrected chi connectivity index (χ1v) is 5.92. The third-order valence-electron chi connectivity index (χ3n) is 3.00. The van der Waals surface area contributed by atoms with E-state index < -0.39 is 0 Å². The molecule has 0 spiro atoms. The van der Waals surface area contributed by atoms with Gasteiger partial charge < -0.3 is 5.32 Å². The minimum absolute atomic E-state index is 0.325. The number of nitrogens with one attached hydrogen (secondary N) is 1. The van der Waals surface area contributed by atoms with Crippen molar-refractivity contribution in [3.05, 3.63) is 65.5 Å². The molecule has 1 aromatic carbocycles. The van der Waals surface area contributed by atoms with E-state index in [0.717, 1.165) is 6.42 Å². The molecule has 0 bridgehead atoms. The van der Waals surface area contributed by atoms with Crippen LogP contribution in [0.5, 0.6) is 0 Å². The fourth-order valence-electron chi connectivity index (χ4n) is 1.93. The zero-order valence-electron chi connectivity index (χ0n) is 10.4. The minimum atomic E-state index is 0.325. The summed E-state index contributed by atoms with van der Waals surface area (Å²) in [6, 6.07) is 13.1. The van der Waals surface area contributed by atoms with Crippen LogP contribution < -0.4 is 5.32 Å². The Morgan fingerprint density at radius 3 is 2.53 bits per heavy atom. The molecule has 0 saturated heterocycles. The van der Waals surface area contributed by atoms with Crippen LogP contribution in [0.1, 0.15) is 22.7 Å². The van der Waals surface area contributed by atoms with Gasteiger partial charge in [0.1, 0.15) is 0 Å². The fraction of sp³-hybridized carbons (Fsp3) is 0.267. The van der Waals surface area contributed by atoms with Crippen molar-refractivity contribution in [1.82, 2.24) is 10.3 Å². The topological polar surface area (TPSA) is 24.9 Å². The molecule has 1 aromatic heterocycles. The summed E-state index contributed by atoms with van der Waals surface area (Å²) >= 11 is 0. The van der Waals surface area contributed by atoms with E-state index >= 15 is 0 Å². The molecule has 0 fully saturated rings. The molecule has 0 radical (unpaired) electrons. The summed E-state index contributed by atoms with van der Waals surface area (Å²) in [5, 5.41) is 3.34. The van der Waals surface area contributed by atoms with Gasteiger partial charge in [0.2, 0.25) is 0 Å². The highest BCUT2D eigenvalue weighted by molar-refractivity contribution is 5.24. The summed E-state index contributed by atoms with van der Waals surface area (Å²) in [6.45, 7) is 2.11. The SMILES string of the molecule is CNC(Cc1ccc(C)cc1)c1cccnc1. The van der Waals surface area contributed by atoms with Crippen molar-refractivity contribution in [3.8, 4) is 0 Å². The maximum atomic E-state index is 4.17. The maximum Gasteiger partial charge on any atom is 0.0373 e. The zero-order chi connectivity index (χ0) is 12.1. The van der Waals surface area contributed by atoms with Gasteiger partial charge in [-0.25, -0.2) is 0 Å². The first-order valence-electron chi connectivity index (χ1n) is 5.92. The second kappa shape index (κ2) is 5.60. The Labute approximate surface area is 103 Å². The van der Waals surface area contributed by atoms with E-state index in [1.165, 1.54) is 16.7 Å². The van der Waals surface area contributed by atoms with E-state index in [0.29, 0.717) is 6.04 Å². The first kappa shape index (κ1) is 11.8. The number of hydrogen-bond acceptors (Lipinski definition) is 2. The minimum Gasteiger partial charge on any atom is -0.313 e. The van der Waals surface area contributed by atoms with Crippen LogP contribution in [0.25, 0.3) is 0 Å². The molecule has 0 aliphatic rings. The standard InChI is InChI=1S/C15H18N2/c1-12-5-7-13(8-6-12)10-15(16-2)14-4-3-9-17-11-14/h3-9,11,15-16H,10H2,1-2H3. The largest absolute Gasteiger partial charge is 0.313 e. The van der Waals surface area contributed by atoms with E-state index in [2.05, 4.69) is 47.6 Å². The lowest BCUT2D eigenvalue weighted by atomic mass is 10.00. The van der Waals surface area contributed by atoms with Crippen molar-refractivity contribution < 1.29 is 0 Å². The van der Waals surface area contributed by atoms with E-state index in [-0.39, 0.29) is 0 Å². The van der Waals surface area contributed by atoms with Crippen LogP contribution in [-0.4, -0.2) is 12.0 Å². The molecular weight excluding hydrogens is 208 g/mol. The third-order valence-corrected chi connectivity index (χ3v) is 3.00. The summed E-state index contributed by atoms with van der Waals surface area (Å²) < 4.78 is 0. The molecule has 1 N–H and O–H groups in total. The second-order valence-electron chi connectivity index (χ2n) is 4.32. The summed E-state index contributed by atoms with van der Waals surface area (Å²) in [5.41, 5.74) is 3.88. The molecule has 0 aliphatic heterocycles.